The summed E-state index contributed by atoms with van der Waals surface area (Å²) in [5, 5.41) is 6.20. The Morgan fingerprint density at radius 2 is 1.44 bits per heavy atom. The molecule has 1 heterocycles. The van der Waals surface area contributed by atoms with E-state index in [0.29, 0.717) is 19.0 Å². The second-order valence-corrected chi connectivity index (χ2v) is 3.76. The van der Waals surface area contributed by atoms with Gasteiger partial charge in [-0.05, 0) is 26.0 Å². The zero-order valence-electron chi connectivity index (χ0n) is 10.5. The van der Waals surface area contributed by atoms with Crippen molar-refractivity contribution in [3.63, 3.8) is 0 Å². The summed E-state index contributed by atoms with van der Waals surface area (Å²) in [5.41, 5.74) is 12.7. The van der Waals surface area contributed by atoms with Gasteiger partial charge < -0.3 is 31.6 Å². The first-order chi connectivity index (χ1) is 8.67. The molecule has 18 heavy (non-hydrogen) atoms. The number of fused-ring (bicyclic) bond motifs is 1. The van der Waals surface area contributed by atoms with E-state index in [1.807, 2.05) is 26.0 Å². The first kappa shape index (κ1) is 12.2. The molecule has 6 heteroatoms. The van der Waals surface area contributed by atoms with Crippen molar-refractivity contribution in [2.45, 2.75) is 13.8 Å². The van der Waals surface area contributed by atoms with Crippen LogP contribution >= 0.6 is 0 Å². The van der Waals surface area contributed by atoms with Crippen molar-refractivity contribution in [2.24, 2.45) is 11.5 Å². The zero-order valence-corrected chi connectivity index (χ0v) is 10.5. The quantitative estimate of drug-likeness (QED) is 0.644. The molecule has 6 N–H and O–H groups in total. The van der Waals surface area contributed by atoms with Crippen LogP contribution in [0.2, 0.25) is 0 Å². The lowest BCUT2D eigenvalue weighted by Gasteiger charge is -2.12. The Hall–Kier alpha value is -2.24. The van der Waals surface area contributed by atoms with Crippen molar-refractivity contribution < 1.29 is 9.47 Å². The SMILES string of the molecule is CCOc1ccc(OCC)c2c1NC(=C(N)N)N2. The van der Waals surface area contributed by atoms with Crippen LogP contribution in [0.1, 0.15) is 13.8 Å². The average molecular weight is 250 g/mol. The fourth-order valence-corrected chi connectivity index (χ4v) is 1.79. The van der Waals surface area contributed by atoms with E-state index >= 15 is 0 Å². The smallest absolute Gasteiger partial charge is 0.149 e. The monoisotopic (exact) mass is 250 g/mol. The molecule has 0 spiro atoms. The number of nitrogens with two attached hydrogens (primary N) is 2. The third-order valence-corrected chi connectivity index (χ3v) is 2.52. The molecule has 98 valence electrons. The maximum atomic E-state index is 5.58. The maximum Gasteiger partial charge on any atom is 0.149 e. The van der Waals surface area contributed by atoms with E-state index in [9.17, 15) is 0 Å². The predicted molar refractivity (Wildman–Crippen MR) is 71.4 cm³/mol. The molecule has 0 fully saturated rings. The molecule has 0 saturated heterocycles. The predicted octanol–water partition coefficient (Wildman–Crippen LogP) is 1.37. The van der Waals surface area contributed by atoms with Gasteiger partial charge in [-0.3, -0.25) is 0 Å². The molecular weight excluding hydrogens is 232 g/mol. The van der Waals surface area contributed by atoms with Gasteiger partial charge in [-0.15, -0.1) is 0 Å². The second kappa shape index (κ2) is 4.95. The second-order valence-electron chi connectivity index (χ2n) is 3.76. The number of ether oxygens (including phenoxy) is 2. The lowest BCUT2D eigenvalue weighted by atomic mass is 10.2. The highest BCUT2D eigenvalue weighted by Crippen LogP contribution is 2.45. The van der Waals surface area contributed by atoms with Gasteiger partial charge in [0.05, 0.1) is 13.2 Å². The molecular formula is C12H18N4O2. The van der Waals surface area contributed by atoms with E-state index < -0.39 is 0 Å². The Labute approximate surface area is 106 Å². The van der Waals surface area contributed by atoms with Crippen LogP contribution in [0.3, 0.4) is 0 Å². The minimum absolute atomic E-state index is 0.191. The van der Waals surface area contributed by atoms with Gasteiger partial charge >= 0.3 is 0 Å². The molecule has 0 atom stereocenters. The third-order valence-electron chi connectivity index (χ3n) is 2.52. The Morgan fingerprint density at radius 3 is 1.78 bits per heavy atom. The summed E-state index contributed by atoms with van der Waals surface area (Å²) in [7, 11) is 0. The first-order valence-electron chi connectivity index (χ1n) is 5.89. The van der Waals surface area contributed by atoms with Crippen molar-refractivity contribution >= 4 is 11.4 Å². The van der Waals surface area contributed by atoms with E-state index in [4.69, 9.17) is 20.9 Å². The summed E-state index contributed by atoms with van der Waals surface area (Å²) in [6.45, 7) is 5.02. The number of nitrogens with one attached hydrogen (secondary N) is 2. The summed E-state index contributed by atoms with van der Waals surface area (Å²) in [5.74, 6) is 2.22. The van der Waals surface area contributed by atoms with Crippen LogP contribution in [0.5, 0.6) is 11.5 Å². The Bertz CT molecular complexity index is 444. The molecule has 0 radical (unpaired) electrons. The summed E-state index contributed by atoms with van der Waals surface area (Å²) in [6.07, 6.45) is 0. The fraction of sp³-hybridized carbons (Fsp3) is 0.333. The van der Waals surface area contributed by atoms with Gasteiger partial charge in [-0.25, -0.2) is 0 Å². The molecule has 0 unspecified atom stereocenters. The molecule has 0 aliphatic carbocycles. The lowest BCUT2D eigenvalue weighted by Crippen LogP contribution is -2.18. The van der Waals surface area contributed by atoms with E-state index in [1.54, 1.807) is 0 Å². The van der Waals surface area contributed by atoms with Crippen LogP contribution in [0, 0.1) is 0 Å². The average Bonchev–Trinajstić information content (AvgIpc) is 2.78. The van der Waals surface area contributed by atoms with E-state index in [2.05, 4.69) is 10.6 Å². The summed E-state index contributed by atoms with van der Waals surface area (Å²) in [4.78, 5) is 0. The molecule has 2 rings (SSSR count). The molecule has 0 amide bonds. The highest BCUT2D eigenvalue weighted by molar-refractivity contribution is 5.88. The van der Waals surface area contributed by atoms with Gasteiger partial charge in [0.25, 0.3) is 0 Å². The van der Waals surface area contributed by atoms with Crippen molar-refractivity contribution in [1.82, 2.24) is 0 Å². The van der Waals surface area contributed by atoms with Gasteiger partial charge in [-0.1, -0.05) is 0 Å². The number of hydrogen-bond acceptors (Lipinski definition) is 6. The number of anilines is 2. The van der Waals surface area contributed by atoms with Gasteiger partial charge in [-0.2, -0.15) is 0 Å². The van der Waals surface area contributed by atoms with Crippen LogP contribution in [0.15, 0.2) is 23.8 Å². The molecule has 1 aliphatic rings. The Morgan fingerprint density at radius 1 is 1.00 bits per heavy atom. The number of benzene rings is 1. The van der Waals surface area contributed by atoms with Gasteiger partial charge in [0.1, 0.15) is 34.5 Å². The van der Waals surface area contributed by atoms with Crippen molar-refractivity contribution in [3.05, 3.63) is 23.8 Å². The zero-order chi connectivity index (χ0) is 13.1. The van der Waals surface area contributed by atoms with E-state index in [0.717, 1.165) is 22.9 Å². The normalized spacial score (nSPS) is 12.4. The minimum Gasteiger partial charge on any atom is -0.492 e. The van der Waals surface area contributed by atoms with Crippen LogP contribution < -0.4 is 31.6 Å². The first-order valence-corrected chi connectivity index (χ1v) is 5.89. The fourth-order valence-electron chi connectivity index (χ4n) is 1.79. The topological polar surface area (TPSA) is 94.6 Å². The van der Waals surface area contributed by atoms with Crippen LogP contribution in [-0.2, 0) is 0 Å². The molecule has 0 bridgehead atoms. The maximum absolute atomic E-state index is 5.58. The molecule has 1 aromatic carbocycles. The van der Waals surface area contributed by atoms with Crippen LogP contribution in [0.4, 0.5) is 11.4 Å². The highest BCUT2D eigenvalue weighted by Gasteiger charge is 2.24. The standard InChI is InChI=1S/C12H18N4O2/c1-3-17-7-5-6-8(18-4-2)10-9(7)15-12(16-10)11(13)14/h5-6,15-16H,3-4,13-14H2,1-2H3. The van der Waals surface area contributed by atoms with Gasteiger partial charge in [0.2, 0.25) is 0 Å². The van der Waals surface area contributed by atoms with E-state index in [-0.39, 0.29) is 5.82 Å². The molecule has 6 nitrogen and oxygen atoms in total. The summed E-state index contributed by atoms with van der Waals surface area (Å²) in [6, 6.07) is 3.72. The molecule has 1 aliphatic heterocycles. The lowest BCUT2D eigenvalue weighted by molar-refractivity contribution is 0.334. The van der Waals surface area contributed by atoms with Gasteiger partial charge in [0.15, 0.2) is 0 Å². The van der Waals surface area contributed by atoms with Crippen molar-refractivity contribution in [1.29, 1.82) is 0 Å². The largest absolute Gasteiger partial charge is 0.492 e. The Balaban J connectivity index is 2.44. The van der Waals surface area contributed by atoms with Crippen LogP contribution in [-0.4, -0.2) is 13.2 Å². The summed E-state index contributed by atoms with van der Waals surface area (Å²) >= 11 is 0. The van der Waals surface area contributed by atoms with Crippen molar-refractivity contribution in [3.8, 4) is 11.5 Å². The van der Waals surface area contributed by atoms with Gasteiger partial charge in [0, 0.05) is 0 Å². The minimum atomic E-state index is 0.191. The van der Waals surface area contributed by atoms with Crippen LogP contribution in [0.25, 0.3) is 0 Å². The molecule has 0 saturated carbocycles. The highest BCUT2D eigenvalue weighted by atomic mass is 16.5. The number of rotatable bonds is 4. The summed E-state index contributed by atoms with van der Waals surface area (Å²) < 4.78 is 11.1. The van der Waals surface area contributed by atoms with E-state index in [1.165, 1.54) is 0 Å². The third kappa shape index (κ3) is 2.09. The molecule has 0 aromatic heterocycles. The number of hydrogen-bond donors (Lipinski definition) is 4. The molecule has 1 aromatic rings. The Kier molecular flexibility index (Phi) is 3.36. The van der Waals surface area contributed by atoms with Crippen molar-refractivity contribution in [2.75, 3.05) is 23.8 Å².